The second-order valence-electron chi connectivity index (χ2n) is 5.62. The number of nitrogens with zero attached hydrogens (tertiary/aromatic N) is 2. The molecule has 0 aliphatic carbocycles. The van der Waals surface area contributed by atoms with E-state index in [9.17, 15) is 8.42 Å². The van der Waals surface area contributed by atoms with Crippen molar-refractivity contribution >= 4 is 15.5 Å². The summed E-state index contributed by atoms with van der Waals surface area (Å²) in [5.74, 6) is 0. The van der Waals surface area contributed by atoms with E-state index in [1.54, 1.807) is 6.07 Å². The van der Waals surface area contributed by atoms with E-state index in [1.165, 1.54) is 12.3 Å². The van der Waals surface area contributed by atoms with Crippen LogP contribution in [0, 0.1) is 6.92 Å². The quantitative estimate of drug-likeness (QED) is 0.792. The van der Waals surface area contributed by atoms with Crippen molar-refractivity contribution in [1.29, 1.82) is 0 Å². The number of hydrogen-bond donors (Lipinski definition) is 1. The minimum absolute atomic E-state index is 0.0441. The maximum Gasteiger partial charge on any atom is 0.192 e. The van der Waals surface area contributed by atoms with Gasteiger partial charge in [-0.3, -0.25) is 0 Å². The fourth-order valence-corrected chi connectivity index (χ4v) is 3.05. The summed E-state index contributed by atoms with van der Waals surface area (Å²) in [6, 6.07) is 14.8. The highest BCUT2D eigenvalue weighted by atomic mass is 32.2. The SMILES string of the molecule is Cc1cc(N)c(-c2ccccc2)nc1-c1ccc(S(C)(=O)=O)nc1. The molecule has 0 radical (unpaired) electrons. The topological polar surface area (TPSA) is 85.9 Å². The average molecular weight is 339 g/mol. The lowest BCUT2D eigenvalue weighted by Gasteiger charge is -2.11. The molecule has 2 heterocycles. The Labute approximate surface area is 141 Å². The average Bonchev–Trinajstić information content (AvgIpc) is 2.55. The molecular weight excluding hydrogens is 322 g/mol. The molecule has 0 amide bonds. The first-order valence-electron chi connectivity index (χ1n) is 7.35. The first-order chi connectivity index (χ1) is 11.4. The van der Waals surface area contributed by atoms with Crippen molar-refractivity contribution in [2.75, 3.05) is 12.0 Å². The molecule has 5 nitrogen and oxygen atoms in total. The molecule has 0 unspecified atom stereocenters. The molecule has 0 bridgehead atoms. The van der Waals surface area contributed by atoms with Gasteiger partial charge in [-0.05, 0) is 30.7 Å². The maximum absolute atomic E-state index is 11.5. The molecule has 0 saturated carbocycles. The molecule has 1 aromatic carbocycles. The van der Waals surface area contributed by atoms with Crippen molar-refractivity contribution in [3.8, 4) is 22.5 Å². The van der Waals surface area contributed by atoms with E-state index < -0.39 is 9.84 Å². The van der Waals surface area contributed by atoms with Gasteiger partial charge in [-0.25, -0.2) is 18.4 Å². The summed E-state index contributed by atoms with van der Waals surface area (Å²) in [4.78, 5) is 8.72. The van der Waals surface area contributed by atoms with Crippen LogP contribution in [0.15, 0.2) is 59.8 Å². The maximum atomic E-state index is 11.5. The zero-order valence-corrected chi connectivity index (χ0v) is 14.2. The van der Waals surface area contributed by atoms with Crippen molar-refractivity contribution in [3.63, 3.8) is 0 Å². The zero-order valence-electron chi connectivity index (χ0n) is 13.4. The Hall–Kier alpha value is -2.73. The number of rotatable bonds is 3. The number of nitrogen functional groups attached to an aromatic ring is 1. The lowest BCUT2D eigenvalue weighted by atomic mass is 10.0. The van der Waals surface area contributed by atoms with Crippen LogP contribution in [-0.4, -0.2) is 24.6 Å². The first-order valence-corrected chi connectivity index (χ1v) is 9.24. The van der Waals surface area contributed by atoms with Gasteiger partial charge in [-0.1, -0.05) is 30.3 Å². The third kappa shape index (κ3) is 3.14. The first kappa shape index (κ1) is 16.1. The summed E-state index contributed by atoms with van der Waals surface area (Å²) in [6.07, 6.45) is 2.66. The number of anilines is 1. The Bertz CT molecular complexity index is 983. The minimum atomic E-state index is -3.32. The predicted octanol–water partition coefficient (Wildman–Crippen LogP) is 3.10. The Kier molecular flexibility index (Phi) is 4.07. The monoisotopic (exact) mass is 339 g/mol. The van der Waals surface area contributed by atoms with Crippen molar-refractivity contribution in [3.05, 3.63) is 60.3 Å². The Morgan fingerprint density at radius 2 is 1.67 bits per heavy atom. The number of nitrogens with two attached hydrogens (primary N) is 1. The van der Waals surface area contributed by atoms with E-state index in [1.807, 2.05) is 43.3 Å². The molecule has 24 heavy (non-hydrogen) atoms. The lowest BCUT2D eigenvalue weighted by molar-refractivity contribution is 0.598. The molecule has 2 aromatic heterocycles. The van der Waals surface area contributed by atoms with Crippen LogP contribution in [0.4, 0.5) is 5.69 Å². The summed E-state index contributed by atoms with van der Waals surface area (Å²) in [7, 11) is -3.32. The number of pyridine rings is 2. The van der Waals surface area contributed by atoms with Crippen LogP contribution in [0.25, 0.3) is 22.5 Å². The van der Waals surface area contributed by atoms with Crippen molar-refractivity contribution in [1.82, 2.24) is 9.97 Å². The number of sulfone groups is 1. The van der Waals surface area contributed by atoms with E-state index in [-0.39, 0.29) is 5.03 Å². The standard InChI is InChI=1S/C18H17N3O2S/c1-12-10-15(19)18(13-6-4-3-5-7-13)21-17(12)14-8-9-16(20-11-14)24(2,22)23/h3-11H,19H2,1-2H3. The van der Waals surface area contributed by atoms with E-state index in [0.717, 1.165) is 28.6 Å². The van der Waals surface area contributed by atoms with Crippen molar-refractivity contribution in [2.45, 2.75) is 11.9 Å². The van der Waals surface area contributed by atoms with Gasteiger partial charge >= 0.3 is 0 Å². The molecule has 0 aliphatic heterocycles. The van der Waals surface area contributed by atoms with Gasteiger partial charge in [0.1, 0.15) is 0 Å². The van der Waals surface area contributed by atoms with Gasteiger partial charge in [0.25, 0.3) is 0 Å². The summed E-state index contributed by atoms with van der Waals surface area (Å²) < 4.78 is 23.1. The van der Waals surface area contributed by atoms with Gasteiger partial charge in [0.2, 0.25) is 0 Å². The highest BCUT2D eigenvalue weighted by molar-refractivity contribution is 7.90. The Morgan fingerprint density at radius 1 is 0.958 bits per heavy atom. The molecule has 3 rings (SSSR count). The van der Waals surface area contributed by atoms with Crippen LogP contribution in [0.3, 0.4) is 0 Å². The lowest BCUT2D eigenvalue weighted by Crippen LogP contribution is -2.01. The van der Waals surface area contributed by atoms with Gasteiger partial charge in [0.05, 0.1) is 17.1 Å². The van der Waals surface area contributed by atoms with Crippen LogP contribution in [0.2, 0.25) is 0 Å². The molecule has 122 valence electrons. The van der Waals surface area contributed by atoms with Gasteiger partial charge in [0.15, 0.2) is 14.9 Å². The van der Waals surface area contributed by atoms with Crippen molar-refractivity contribution < 1.29 is 8.42 Å². The smallest absolute Gasteiger partial charge is 0.192 e. The Balaban J connectivity index is 2.12. The summed E-state index contributed by atoms with van der Waals surface area (Å²) in [6.45, 7) is 1.91. The predicted molar refractivity (Wildman–Crippen MR) is 95.2 cm³/mol. The highest BCUT2D eigenvalue weighted by Crippen LogP contribution is 2.30. The molecule has 0 aliphatic rings. The zero-order chi connectivity index (χ0) is 17.3. The van der Waals surface area contributed by atoms with E-state index >= 15 is 0 Å². The second-order valence-corrected chi connectivity index (χ2v) is 7.58. The normalized spacial score (nSPS) is 11.4. The fourth-order valence-electron chi connectivity index (χ4n) is 2.49. The van der Waals surface area contributed by atoms with Crippen molar-refractivity contribution in [2.24, 2.45) is 0 Å². The highest BCUT2D eigenvalue weighted by Gasteiger charge is 2.13. The molecule has 0 atom stereocenters. The molecule has 2 N–H and O–H groups in total. The van der Waals surface area contributed by atoms with E-state index in [0.29, 0.717) is 11.4 Å². The summed E-state index contributed by atoms with van der Waals surface area (Å²) in [5, 5.41) is 0.0441. The van der Waals surface area contributed by atoms with Gasteiger partial charge in [0, 0.05) is 23.6 Å². The van der Waals surface area contributed by atoms with Gasteiger partial charge in [-0.15, -0.1) is 0 Å². The largest absolute Gasteiger partial charge is 0.397 e. The number of benzene rings is 1. The van der Waals surface area contributed by atoms with E-state index in [4.69, 9.17) is 5.73 Å². The summed E-state index contributed by atoms with van der Waals surface area (Å²) in [5.41, 5.74) is 10.7. The molecule has 0 spiro atoms. The second kappa shape index (κ2) is 6.05. The fraction of sp³-hybridized carbons (Fsp3) is 0.111. The number of aryl methyl sites for hydroxylation is 1. The van der Waals surface area contributed by atoms with Crippen LogP contribution in [-0.2, 0) is 9.84 Å². The molecule has 0 saturated heterocycles. The number of aromatic nitrogens is 2. The molecule has 3 aromatic rings. The van der Waals surface area contributed by atoms with Gasteiger partial charge in [-0.2, -0.15) is 0 Å². The van der Waals surface area contributed by atoms with Crippen LogP contribution in [0.1, 0.15) is 5.56 Å². The third-order valence-electron chi connectivity index (χ3n) is 3.68. The van der Waals surface area contributed by atoms with Gasteiger partial charge < -0.3 is 5.73 Å². The van der Waals surface area contributed by atoms with Crippen LogP contribution < -0.4 is 5.73 Å². The molecular formula is C18H17N3O2S. The molecule has 0 fully saturated rings. The molecule has 6 heteroatoms. The third-order valence-corrected chi connectivity index (χ3v) is 4.68. The van der Waals surface area contributed by atoms with Crippen LogP contribution >= 0.6 is 0 Å². The summed E-state index contributed by atoms with van der Waals surface area (Å²) >= 11 is 0. The minimum Gasteiger partial charge on any atom is -0.397 e. The van der Waals surface area contributed by atoms with E-state index in [2.05, 4.69) is 9.97 Å². The van der Waals surface area contributed by atoms with Crippen LogP contribution in [0.5, 0.6) is 0 Å². The number of hydrogen-bond acceptors (Lipinski definition) is 5. The Morgan fingerprint density at radius 3 is 2.25 bits per heavy atom.